The first-order valence-corrected chi connectivity index (χ1v) is 8.26. The van der Waals surface area contributed by atoms with E-state index >= 15 is 0 Å². The lowest BCUT2D eigenvalue weighted by atomic mass is 10.1. The third kappa shape index (κ3) is 5.79. The highest BCUT2D eigenvalue weighted by molar-refractivity contribution is 9.10. The SMILES string of the molecule is NCCCN(Cc1ccc(Cl)cc1)Cc1ccc(Br)cc1. The molecule has 0 aliphatic rings. The summed E-state index contributed by atoms with van der Waals surface area (Å²) >= 11 is 9.41. The van der Waals surface area contributed by atoms with Crippen molar-refractivity contribution in [3.05, 3.63) is 69.2 Å². The summed E-state index contributed by atoms with van der Waals surface area (Å²) in [7, 11) is 0. The summed E-state index contributed by atoms with van der Waals surface area (Å²) < 4.78 is 1.11. The molecule has 2 rings (SSSR count). The molecular formula is C17H20BrClN2. The summed E-state index contributed by atoms with van der Waals surface area (Å²) in [4.78, 5) is 2.42. The number of rotatable bonds is 7. The third-order valence-electron chi connectivity index (χ3n) is 3.32. The second-order valence-electron chi connectivity index (χ2n) is 5.11. The summed E-state index contributed by atoms with van der Waals surface area (Å²) in [6.07, 6.45) is 1.00. The molecule has 0 aliphatic heterocycles. The Labute approximate surface area is 140 Å². The fourth-order valence-electron chi connectivity index (χ4n) is 2.22. The van der Waals surface area contributed by atoms with Crippen LogP contribution in [0.25, 0.3) is 0 Å². The number of nitrogens with zero attached hydrogens (tertiary/aromatic N) is 1. The molecule has 0 atom stereocenters. The molecule has 0 amide bonds. The Morgan fingerprint density at radius 3 is 1.95 bits per heavy atom. The molecule has 0 fully saturated rings. The fraction of sp³-hybridized carbons (Fsp3) is 0.294. The molecule has 2 aromatic rings. The summed E-state index contributed by atoms with van der Waals surface area (Å²) in [5.41, 5.74) is 8.23. The van der Waals surface area contributed by atoms with Gasteiger partial charge in [-0.05, 0) is 48.4 Å². The van der Waals surface area contributed by atoms with E-state index < -0.39 is 0 Å². The molecule has 0 radical (unpaired) electrons. The van der Waals surface area contributed by atoms with Crippen molar-refractivity contribution in [1.29, 1.82) is 0 Å². The average molecular weight is 368 g/mol. The maximum atomic E-state index is 5.94. The molecule has 21 heavy (non-hydrogen) atoms. The van der Waals surface area contributed by atoms with Crippen LogP contribution in [-0.2, 0) is 13.1 Å². The quantitative estimate of drug-likeness (QED) is 0.783. The summed E-state index contributed by atoms with van der Waals surface area (Å²) in [6.45, 7) is 3.55. The van der Waals surface area contributed by atoms with E-state index in [1.807, 2.05) is 12.1 Å². The van der Waals surface area contributed by atoms with Crippen LogP contribution in [0, 0.1) is 0 Å². The van der Waals surface area contributed by atoms with Crippen molar-refractivity contribution < 1.29 is 0 Å². The first-order chi connectivity index (χ1) is 10.2. The zero-order chi connectivity index (χ0) is 15.1. The first kappa shape index (κ1) is 16.5. The topological polar surface area (TPSA) is 29.3 Å². The molecule has 0 aromatic heterocycles. The van der Waals surface area contributed by atoms with Gasteiger partial charge in [-0.25, -0.2) is 0 Å². The molecule has 0 unspecified atom stereocenters. The van der Waals surface area contributed by atoms with E-state index in [1.165, 1.54) is 11.1 Å². The van der Waals surface area contributed by atoms with E-state index in [0.29, 0.717) is 0 Å². The van der Waals surface area contributed by atoms with Crippen LogP contribution >= 0.6 is 27.5 Å². The van der Waals surface area contributed by atoms with Crippen LogP contribution in [0.2, 0.25) is 5.02 Å². The Morgan fingerprint density at radius 2 is 1.43 bits per heavy atom. The van der Waals surface area contributed by atoms with E-state index in [9.17, 15) is 0 Å². The van der Waals surface area contributed by atoms with Crippen molar-refractivity contribution in [2.24, 2.45) is 5.73 Å². The summed E-state index contributed by atoms with van der Waals surface area (Å²) in [5.74, 6) is 0. The van der Waals surface area contributed by atoms with E-state index in [-0.39, 0.29) is 0 Å². The predicted octanol–water partition coefficient (Wildman–Crippen LogP) is 4.45. The Balaban J connectivity index is 2.02. The lowest BCUT2D eigenvalue weighted by molar-refractivity contribution is 0.255. The smallest absolute Gasteiger partial charge is 0.0406 e. The molecule has 0 saturated heterocycles. The molecule has 0 spiro atoms. The van der Waals surface area contributed by atoms with Crippen LogP contribution in [0.5, 0.6) is 0 Å². The highest BCUT2D eigenvalue weighted by Crippen LogP contribution is 2.15. The largest absolute Gasteiger partial charge is 0.330 e. The van der Waals surface area contributed by atoms with E-state index in [2.05, 4.69) is 57.2 Å². The van der Waals surface area contributed by atoms with Gasteiger partial charge >= 0.3 is 0 Å². The van der Waals surface area contributed by atoms with Gasteiger partial charge in [-0.15, -0.1) is 0 Å². The maximum Gasteiger partial charge on any atom is 0.0406 e. The van der Waals surface area contributed by atoms with E-state index in [1.54, 1.807) is 0 Å². The Morgan fingerprint density at radius 1 is 0.905 bits per heavy atom. The zero-order valence-corrected chi connectivity index (χ0v) is 14.3. The number of hydrogen-bond acceptors (Lipinski definition) is 2. The molecule has 0 bridgehead atoms. The number of nitrogens with two attached hydrogens (primary N) is 1. The van der Waals surface area contributed by atoms with Crippen molar-refractivity contribution in [3.63, 3.8) is 0 Å². The fourth-order valence-corrected chi connectivity index (χ4v) is 2.62. The molecule has 4 heteroatoms. The lowest BCUT2D eigenvalue weighted by Crippen LogP contribution is -2.25. The molecule has 112 valence electrons. The monoisotopic (exact) mass is 366 g/mol. The second-order valence-corrected chi connectivity index (χ2v) is 6.46. The van der Waals surface area contributed by atoms with Gasteiger partial charge in [0.05, 0.1) is 0 Å². The minimum absolute atomic E-state index is 0.720. The van der Waals surface area contributed by atoms with Gasteiger partial charge in [0, 0.05) is 29.1 Å². The number of benzene rings is 2. The van der Waals surface area contributed by atoms with Gasteiger partial charge in [-0.1, -0.05) is 51.8 Å². The van der Waals surface area contributed by atoms with Gasteiger partial charge in [0.1, 0.15) is 0 Å². The van der Waals surface area contributed by atoms with E-state index in [4.69, 9.17) is 17.3 Å². The standard InChI is InChI=1S/C17H20BrClN2/c18-16-6-2-14(3-7-16)12-21(11-1-10-20)13-15-4-8-17(19)9-5-15/h2-9H,1,10-13,20H2. The van der Waals surface area contributed by atoms with Crippen molar-refractivity contribution >= 4 is 27.5 Å². The van der Waals surface area contributed by atoms with Crippen molar-refractivity contribution in [3.8, 4) is 0 Å². The highest BCUT2D eigenvalue weighted by atomic mass is 79.9. The zero-order valence-electron chi connectivity index (χ0n) is 11.9. The van der Waals surface area contributed by atoms with Crippen LogP contribution in [0.3, 0.4) is 0 Å². The van der Waals surface area contributed by atoms with Gasteiger partial charge in [0.15, 0.2) is 0 Å². The van der Waals surface area contributed by atoms with Gasteiger partial charge < -0.3 is 5.73 Å². The van der Waals surface area contributed by atoms with Crippen LogP contribution in [0.1, 0.15) is 17.5 Å². The van der Waals surface area contributed by atoms with Crippen molar-refractivity contribution in [1.82, 2.24) is 4.90 Å². The summed E-state index contributed by atoms with van der Waals surface area (Å²) in [6, 6.07) is 16.5. The molecule has 2 N–H and O–H groups in total. The molecule has 0 saturated carbocycles. The number of halogens is 2. The Hall–Kier alpha value is -0.870. The summed E-state index contributed by atoms with van der Waals surface area (Å²) in [5, 5.41) is 0.778. The predicted molar refractivity (Wildman–Crippen MR) is 93.4 cm³/mol. The maximum absolute atomic E-state index is 5.94. The minimum Gasteiger partial charge on any atom is -0.330 e. The van der Waals surface area contributed by atoms with Gasteiger partial charge in [-0.2, -0.15) is 0 Å². The van der Waals surface area contributed by atoms with Gasteiger partial charge in [0.25, 0.3) is 0 Å². The van der Waals surface area contributed by atoms with Crippen LogP contribution in [-0.4, -0.2) is 18.0 Å². The van der Waals surface area contributed by atoms with Crippen LogP contribution in [0.4, 0.5) is 0 Å². The first-order valence-electron chi connectivity index (χ1n) is 7.08. The van der Waals surface area contributed by atoms with Crippen molar-refractivity contribution in [2.75, 3.05) is 13.1 Å². The van der Waals surface area contributed by atoms with Crippen molar-refractivity contribution in [2.45, 2.75) is 19.5 Å². The van der Waals surface area contributed by atoms with E-state index in [0.717, 1.165) is 42.1 Å². The molecular weight excluding hydrogens is 348 g/mol. The van der Waals surface area contributed by atoms with Crippen LogP contribution in [0.15, 0.2) is 53.0 Å². The normalized spacial score (nSPS) is 11.0. The lowest BCUT2D eigenvalue weighted by Gasteiger charge is -2.22. The highest BCUT2D eigenvalue weighted by Gasteiger charge is 2.07. The molecule has 0 heterocycles. The van der Waals surface area contributed by atoms with Gasteiger partial charge in [0.2, 0.25) is 0 Å². The second kappa shape index (κ2) is 8.54. The average Bonchev–Trinajstić information content (AvgIpc) is 2.49. The molecule has 2 aromatic carbocycles. The Bertz CT molecular complexity index is 492. The van der Waals surface area contributed by atoms with Crippen LogP contribution < -0.4 is 5.73 Å². The minimum atomic E-state index is 0.720. The molecule has 2 nitrogen and oxygen atoms in total. The number of hydrogen-bond donors (Lipinski definition) is 1. The molecule has 0 aliphatic carbocycles. The third-order valence-corrected chi connectivity index (χ3v) is 4.10. The Kier molecular flexibility index (Phi) is 6.71. The van der Waals surface area contributed by atoms with Gasteiger partial charge in [-0.3, -0.25) is 4.90 Å².